The number of allylic oxidation sites excluding steroid dienone is 6. The number of nitrogens with one attached hydrogen (secondary N) is 1. The van der Waals surface area contributed by atoms with Crippen LogP contribution in [0.3, 0.4) is 0 Å². The highest BCUT2D eigenvalue weighted by atomic mass is 16.6. The summed E-state index contributed by atoms with van der Waals surface area (Å²) in [5.74, 6) is -0.537. The molecule has 0 aliphatic rings. The van der Waals surface area contributed by atoms with E-state index in [9.17, 15) is 9.59 Å². The first kappa shape index (κ1) is 28.0. The Morgan fingerprint density at radius 1 is 0.867 bits per heavy atom. The van der Waals surface area contributed by atoms with Crippen LogP contribution in [0.5, 0.6) is 0 Å². The molecule has 1 N–H and O–H groups in total. The van der Waals surface area contributed by atoms with Gasteiger partial charge in [-0.15, -0.1) is 0 Å². The number of hydrogen-bond acceptors (Lipinski definition) is 4. The third-order valence-corrected chi connectivity index (χ3v) is 4.89. The van der Waals surface area contributed by atoms with Crippen LogP contribution < -0.4 is 5.32 Å². The number of methoxy groups -OCH3 is 1. The van der Waals surface area contributed by atoms with Crippen molar-refractivity contribution in [2.45, 2.75) is 99.1 Å². The third kappa shape index (κ3) is 14.0. The van der Waals surface area contributed by atoms with E-state index in [1.54, 1.807) is 0 Å². The van der Waals surface area contributed by atoms with E-state index in [2.05, 4.69) is 51.2 Å². The molecule has 0 spiro atoms. The van der Waals surface area contributed by atoms with Crippen molar-refractivity contribution in [2.24, 2.45) is 5.92 Å². The van der Waals surface area contributed by atoms with E-state index in [1.165, 1.54) is 23.8 Å². The van der Waals surface area contributed by atoms with Crippen LogP contribution in [0.15, 0.2) is 34.9 Å². The molecular weight excluding hydrogens is 378 g/mol. The lowest BCUT2D eigenvalue weighted by Gasteiger charge is -2.21. The van der Waals surface area contributed by atoms with Crippen molar-refractivity contribution in [1.82, 2.24) is 5.32 Å². The topological polar surface area (TPSA) is 64.6 Å². The van der Waals surface area contributed by atoms with Crippen LogP contribution in [-0.2, 0) is 14.3 Å². The summed E-state index contributed by atoms with van der Waals surface area (Å²) in [6, 6.07) is -0.699. The highest BCUT2D eigenvalue weighted by Gasteiger charge is 2.26. The van der Waals surface area contributed by atoms with Gasteiger partial charge in [-0.3, -0.25) is 0 Å². The molecule has 0 aliphatic carbocycles. The maximum absolute atomic E-state index is 12.0. The number of esters is 1. The summed E-state index contributed by atoms with van der Waals surface area (Å²) in [5, 5.41) is 2.60. The van der Waals surface area contributed by atoms with Crippen LogP contribution in [0.1, 0.15) is 87.0 Å². The van der Waals surface area contributed by atoms with Gasteiger partial charge in [0.2, 0.25) is 0 Å². The fraction of sp³-hybridized carbons (Fsp3) is 0.680. The monoisotopic (exact) mass is 421 g/mol. The SMILES string of the molecule is COC(=O)C(NC(=O)OC(C)CC/C=C(\C)CC/C=C(\C)CCC=C(C)C)C(C)C. The Kier molecular flexibility index (Phi) is 14.7. The van der Waals surface area contributed by atoms with Crippen LogP contribution in [0, 0.1) is 5.92 Å². The van der Waals surface area contributed by atoms with Crippen molar-refractivity contribution < 1.29 is 19.1 Å². The molecule has 0 heterocycles. The van der Waals surface area contributed by atoms with Gasteiger partial charge in [0.25, 0.3) is 0 Å². The molecule has 5 heteroatoms. The zero-order valence-corrected chi connectivity index (χ0v) is 20.3. The molecule has 0 aromatic heterocycles. The Balaban J connectivity index is 4.24. The van der Waals surface area contributed by atoms with Crippen LogP contribution >= 0.6 is 0 Å². The molecule has 0 bridgehead atoms. The third-order valence-electron chi connectivity index (χ3n) is 4.89. The second-order valence-corrected chi connectivity index (χ2v) is 8.64. The van der Waals surface area contributed by atoms with E-state index in [4.69, 9.17) is 9.47 Å². The molecule has 0 radical (unpaired) electrons. The number of carbonyl (C=O) groups excluding carboxylic acids is 2. The van der Waals surface area contributed by atoms with Gasteiger partial charge >= 0.3 is 12.1 Å². The molecule has 172 valence electrons. The van der Waals surface area contributed by atoms with E-state index in [0.717, 1.165) is 38.5 Å². The van der Waals surface area contributed by atoms with Gasteiger partial charge in [0.15, 0.2) is 0 Å². The second kappa shape index (κ2) is 15.8. The Labute approximate surface area is 184 Å². The van der Waals surface area contributed by atoms with E-state index in [0.29, 0.717) is 0 Å². The fourth-order valence-electron chi connectivity index (χ4n) is 2.93. The number of rotatable bonds is 13. The van der Waals surface area contributed by atoms with Gasteiger partial charge in [0, 0.05) is 0 Å². The predicted octanol–water partition coefficient (Wildman–Crippen LogP) is 6.50. The highest BCUT2D eigenvalue weighted by molar-refractivity contribution is 5.81. The largest absolute Gasteiger partial charge is 0.467 e. The molecule has 0 rings (SSSR count). The first-order chi connectivity index (χ1) is 14.1. The minimum atomic E-state index is -0.699. The summed E-state index contributed by atoms with van der Waals surface area (Å²) in [4.78, 5) is 23.8. The van der Waals surface area contributed by atoms with Gasteiger partial charge < -0.3 is 14.8 Å². The maximum atomic E-state index is 12.0. The molecule has 1 amide bonds. The van der Waals surface area contributed by atoms with Crippen LogP contribution in [0.25, 0.3) is 0 Å². The molecule has 0 aliphatic heterocycles. The molecule has 0 saturated heterocycles. The molecule has 2 unspecified atom stereocenters. The van der Waals surface area contributed by atoms with Crippen molar-refractivity contribution in [2.75, 3.05) is 7.11 Å². The fourth-order valence-corrected chi connectivity index (χ4v) is 2.93. The molecule has 0 saturated carbocycles. The van der Waals surface area contributed by atoms with Crippen molar-refractivity contribution in [1.29, 1.82) is 0 Å². The Morgan fingerprint density at radius 2 is 1.40 bits per heavy atom. The van der Waals surface area contributed by atoms with Crippen LogP contribution in [0.4, 0.5) is 4.79 Å². The lowest BCUT2D eigenvalue weighted by molar-refractivity contribution is -0.144. The molecule has 0 aromatic carbocycles. The van der Waals surface area contributed by atoms with E-state index in [-0.39, 0.29) is 12.0 Å². The number of carbonyl (C=O) groups is 2. The van der Waals surface area contributed by atoms with Crippen molar-refractivity contribution >= 4 is 12.1 Å². The van der Waals surface area contributed by atoms with Crippen molar-refractivity contribution in [3.8, 4) is 0 Å². The summed E-state index contributed by atoms with van der Waals surface area (Å²) >= 11 is 0. The standard InChI is InChI=1S/C25H43NO4/c1-18(2)12-9-13-20(5)14-10-15-21(6)16-11-17-22(7)30-25(28)26-23(19(3)4)24(27)29-8/h12,14,16,19,22-23H,9-11,13,15,17H2,1-8H3,(H,26,28)/b20-14+,21-16+. The Hall–Kier alpha value is -2.04. The van der Waals surface area contributed by atoms with E-state index in [1.807, 2.05) is 20.8 Å². The number of amides is 1. The van der Waals surface area contributed by atoms with E-state index >= 15 is 0 Å². The van der Waals surface area contributed by atoms with Gasteiger partial charge in [-0.1, -0.05) is 48.8 Å². The molecule has 30 heavy (non-hydrogen) atoms. The normalized spacial score (nSPS) is 14.2. The Morgan fingerprint density at radius 3 is 1.90 bits per heavy atom. The zero-order chi connectivity index (χ0) is 23.1. The molecule has 2 atom stereocenters. The number of ether oxygens (including phenoxy) is 2. The summed E-state index contributed by atoms with van der Waals surface area (Å²) in [6.45, 7) is 14.2. The van der Waals surface area contributed by atoms with Gasteiger partial charge in [-0.25, -0.2) is 9.59 Å². The smallest absolute Gasteiger partial charge is 0.408 e. The highest BCUT2D eigenvalue weighted by Crippen LogP contribution is 2.13. The quantitative estimate of drug-likeness (QED) is 0.272. The number of hydrogen-bond donors (Lipinski definition) is 1. The summed E-state index contributed by atoms with van der Waals surface area (Å²) in [7, 11) is 1.31. The zero-order valence-electron chi connectivity index (χ0n) is 20.3. The predicted molar refractivity (Wildman–Crippen MR) is 124 cm³/mol. The van der Waals surface area contributed by atoms with Gasteiger partial charge in [-0.2, -0.15) is 0 Å². The Bertz CT molecular complexity index is 613. The lowest BCUT2D eigenvalue weighted by Crippen LogP contribution is -2.45. The van der Waals surface area contributed by atoms with E-state index < -0.39 is 18.1 Å². The first-order valence-corrected chi connectivity index (χ1v) is 11.1. The summed E-state index contributed by atoms with van der Waals surface area (Å²) < 4.78 is 10.1. The van der Waals surface area contributed by atoms with Crippen LogP contribution in [-0.4, -0.2) is 31.3 Å². The minimum Gasteiger partial charge on any atom is -0.467 e. The summed E-state index contributed by atoms with van der Waals surface area (Å²) in [5.41, 5.74) is 4.17. The average molecular weight is 422 g/mol. The molecule has 5 nitrogen and oxygen atoms in total. The molecular formula is C25H43NO4. The first-order valence-electron chi connectivity index (χ1n) is 11.1. The maximum Gasteiger partial charge on any atom is 0.408 e. The van der Waals surface area contributed by atoms with Crippen molar-refractivity contribution in [3.05, 3.63) is 34.9 Å². The lowest BCUT2D eigenvalue weighted by atomic mass is 10.1. The number of alkyl carbamates (subject to hydrolysis) is 1. The van der Waals surface area contributed by atoms with Gasteiger partial charge in [0.05, 0.1) is 7.11 Å². The average Bonchev–Trinajstić information content (AvgIpc) is 2.64. The second-order valence-electron chi connectivity index (χ2n) is 8.64. The van der Waals surface area contributed by atoms with Crippen LogP contribution in [0.2, 0.25) is 0 Å². The van der Waals surface area contributed by atoms with Gasteiger partial charge in [-0.05, 0) is 79.1 Å². The molecule has 0 fully saturated rings. The van der Waals surface area contributed by atoms with Crippen molar-refractivity contribution in [3.63, 3.8) is 0 Å². The molecule has 0 aromatic rings. The van der Waals surface area contributed by atoms with Gasteiger partial charge in [0.1, 0.15) is 12.1 Å². The summed E-state index contributed by atoms with van der Waals surface area (Å²) in [6.07, 6.45) is 12.0. The minimum absolute atomic E-state index is 0.0733.